The minimum Gasteiger partial charge on any atom is -0.363 e. The molecule has 6 heteroatoms. The molecular formula is C23H41N5S. The van der Waals surface area contributed by atoms with Crippen LogP contribution in [0.25, 0.3) is 0 Å². The van der Waals surface area contributed by atoms with E-state index in [1.165, 1.54) is 56.7 Å². The summed E-state index contributed by atoms with van der Waals surface area (Å²) in [6.45, 7) is 14.8. The van der Waals surface area contributed by atoms with Crippen LogP contribution in [0.4, 0.5) is 5.00 Å². The lowest BCUT2D eigenvalue weighted by molar-refractivity contribution is 0.139. The zero-order chi connectivity index (χ0) is 20.5. The van der Waals surface area contributed by atoms with Gasteiger partial charge < -0.3 is 20.4 Å². The van der Waals surface area contributed by atoms with E-state index in [0.717, 1.165) is 44.0 Å². The van der Waals surface area contributed by atoms with Crippen molar-refractivity contribution >= 4 is 22.3 Å². The molecule has 1 aromatic heterocycles. The molecule has 2 unspecified atom stereocenters. The van der Waals surface area contributed by atoms with E-state index in [2.05, 4.69) is 58.7 Å². The highest BCUT2D eigenvalue weighted by Crippen LogP contribution is 2.25. The Bertz CT molecular complexity index is 584. The Labute approximate surface area is 182 Å². The molecule has 1 aromatic rings. The normalized spacial score (nSPS) is 24.7. The second-order valence-corrected chi connectivity index (χ2v) is 9.96. The van der Waals surface area contributed by atoms with Gasteiger partial charge in [0.05, 0.1) is 5.00 Å². The number of likely N-dealkylation sites (tertiary alicyclic amines) is 1. The smallest absolute Gasteiger partial charge is 0.191 e. The van der Waals surface area contributed by atoms with Crippen LogP contribution >= 0.6 is 11.3 Å². The first-order chi connectivity index (χ1) is 14.1. The number of aliphatic imine (C=N–C) groups is 1. The average Bonchev–Trinajstić information content (AvgIpc) is 3.22. The Kier molecular flexibility index (Phi) is 9.12. The predicted molar refractivity (Wildman–Crippen MR) is 127 cm³/mol. The number of anilines is 1. The van der Waals surface area contributed by atoms with Crippen LogP contribution in [-0.2, 0) is 0 Å². The molecule has 2 atom stereocenters. The molecule has 2 saturated heterocycles. The van der Waals surface area contributed by atoms with Crippen LogP contribution in [0.5, 0.6) is 0 Å². The summed E-state index contributed by atoms with van der Waals surface area (Å²) in [5.74, 6) is 2.71. The maximum Gasteiger partial charge on any atom is 0.191 e. The van der Waals surface area contributed by atoms with Gasteiger partial charge in [0.2, 0.25) is 0 Å². The molecule has 2 aliphatic heterocycles. The third-order valence-corrected chi connectivity index (χ3v) is 7.02. The molecule has 0 radical (unpaired) electrons. The highest BCUT2D eigenvalue weighted by molar-refractivity contribution is 7.14. The highest BCUT2D eigenvalue weighted by atomic mass is 32.1. The zero-order valence-electron chi connectivity index (χ0n) is 18.7. The van der Waals surface area contributed by atoms with Gasteiger partial charge in [-0.05, 0) is 74.9 Å². The van der Waals surface area contributed by atoms with Gasteiger partial charge in [0.15, 0.2) is 5.96 Å². The molecule has 164 valence electrons. The van der Waals surface area contributed by atoms with Gasteiger partial charge in [0, 0.05) is 45.3 Å². The van der Waals surface area contributed by atoms with Gasteiger partial charge in [0.1, 0.15) is 0 Å². The van der Waals surface area contributed by atoms with Gasteiger partial charge >= 0.3 is 0 Å². The van der Waals surface area contributed by atoms with Gasteiger partial charge in [-0.15, -0.1) is 11.3 Å². The Balaban J connectivity index is 1.35. The first kappa shape index (κ1) is 22.4. The summed E-state index contributed by atoms with van der Waals surface area (Å²) in [7, 11) is 0. The fourth-order valence-corrected chi connectivity index (χ4v) is 5.61. The molecule has 29 heavy (non-hydrogen) atoms. The summed E-state index contributed by atoms with van der Waals surface area (Å²) < 4.78 is 0. The van der Waals surface area contributed by atoms with Crippen LogP contribution in [0.2, 0.25) is 0 Å². The Morgan fingerprint density at radius 3 is 2.59 bits per heavy atom. The van der Waals surface area contributed by atoms with Crippen LogP contribution in [0.1, 0.15) is 52.9 Å². The molecular weight excluding hydrogens is 378 g/mol. The lowest BCUT2D eigenvalue weighted by atomic mass is 9.92. The van der Waals surface area contributed by atoms with Crippen molar-refractivity contribution in [2.45, 2.75) is 58.9 Å². The number of hydrogen-bond donors (Lipinski definition) is 2. The molecule has 0 amide bonds. The Hall–Kier alpha value is -1.27. The summed E-state index contributed by atoms with van der Waals surface area (Å²) >= 11 is 1.84. The van der Waals surface area contributed by atoms with Crippen LogP contribution in [0.3, 0.4) is 0 Å². The van der Waals surface area contributed by atoms with Crippen LogP contribution < -0.4 is 15.5 Å². The molecule has 0 bridgehead atoms. The number of hydrogen-bond acceptors (Lipinski definition) is 4. The van der Waals surface area contributed by atoms with E-state index in [0.29, 0.717) is 6.04 Å². The summed E-state index contributed by atoms with van der Waals surface area (Å²) in [4.78, 5) is 10.0. The van der Waals surface area contributed by atoms with E-state index in [9.17, 15) is 0 Å². The number of nitrogens with one attached hydrogen (secondary N) is 2. The van der Waals surface area contributed by atoms with E-state index in [1.54, 1.807) is 0 Å². The predicted octanol–water partition coefficient (Wildman–Crippen LogP) is 4.03. The second-order valence-electron chi connectivity index (χ2n) is 9.03. The molecule has 0 spiro atoms. The SMILES string of the molecule is CCNC(=NCCCCN1CC(C)CC(C)C1)NC1CCN(c2cccs2)CC1. The number of thiophene rings is 1. The standard InChI is InChI=1S/C23H41N5S/c1-4-24-23(25-11-5-6-12-27-17-19(2)16-20(3)18-27)26-21-9-13-28(14-10-21)22-8-7-15-29-22/h7-8,15,19-21H,4-6,9-14,16-18H2,1-3H3,(H2,24,25,26). The fraction of sp³-hybridized carbons (Fsp3) is 0.783. The van der Waals surface area contributed by atoms with Crippen molar-refractivity contribution < 1.29 is 0 Å². The largest absolute Gasteiger partial charge is 0.363 e. The molecule has 5 nitrogen and oxygen atoms in total. The quantitative estimate of drug-likeness (QED) is 0.379. The van der Waals surface area contributed by atoms with E-state index in [4.69, 9.17) is 4.99 Å². The lowest BCUT2D eigenvalue weighted by Gasteiger charge is -2.34. The van der Waals surface area contributed by atoms with Crippen LogP contribution in [0, 0.1) is 11.8 Å². The summed E-state index contributed by atoms with van der Waals surface area (Å²) in [5, 5.41) is 10.7. The average molecular weight is 420 g/mol. The molecule has 2 fully saturated rings. The summed E-state index contributed by atoms with van der Waals surface area (Å²) in [5.41, 5.74) is 0. The highest BCUT2D eigenvalue weighted by Gasteiger charge is 2.22. The van der Waals surface area contributed by atoms with Gasteiger partial charge in [-0.1, -0.05) is 13.8 Å². The van der Waals surface area contributed by atoms with Gasteiger partial charge in [-0.25, -0.2) is 0 Å². The minimum atomic E-state index is 0.528. The third kappa shape index (κ3) is 7.49. The molecule has 3 heterocycles. The van der Waals surface area contributed by atoms with E-state index in [1.807, 2.05) is 11.3 Å². The van der Waals surface area contributed by atoms with Crippen molar-refractivity contribution in [3.8, 4) is 0 Å². The van der Waals surface area contributed by atoms with Gasteiger partial charge in [-0.2, -0.15) is 0 Å². The van der Waals surface area contributed by atoms with Crippen molar-refractivity contribution in [2.75, 3.05) is 50.7 Å². The first-order valence-electron chi connectivity index (χ1n) is 11.7. The minimum absolute atomic E-state index is 0.528. The maximum absolute atomic E-state index is 4.85. The topological polar surface area (TPSA) is 42.9 Å². The Morgan fingerprint density at radius 1 is 1.17 bits per heavy atom. The van der Waals surface area contributed by atoms with Crippen LogP contribution in [-0.4, -0.2) is 62.7 Å². The van der Waals surface area contributed by atoms with E-state index < -0.39 is 0 Å². The number of guanidine groups is 1. The number of rotatable bonds is 8. The molecule has 2 aliphatic rings. The molecule has 3 rings (SSSR count). The van der Waals surface area contributed by atoms with E-state index in [-0.39, 0.29) is 0 Å². The van der Waals surface area contributed by atoms with Crippen molar-refractivity contribution in [3.05, 3.63) is 17.5 Å². The maximum atomic E-state index is 4.85. The van der Waals surface area contributed by atoms with Gasteiger partial charge in [0.25, 0.3) is 0 Å². The van der Waals surface area contributed by atoms with Crippen molar-refractivity contribution in [1.29, 1.82) is 0 Å². The summed E-state index contributed by atoms with van der Waals surface area (Å²) in [6.07, 6.45) is 6.17. The molecule has 0 aliphatic carbocycles. The Morgan fingerprint density at radius 2 is 1.93 bits per heavy atom. The monoisotopic (exact) mass is 419 g/mol. The number of nitrogens with zero attached hydrogens (tertiary/aromatic N) is 3. The molecule has 2 N–H and O–H groups in total. The van der Waals surface area contributed by atoms with Crippen molar-refractivity contribution in [2.24, 2.45) is 16.8 Å². The number of unbranched alkanes of at least 4 members (excludes halogenated alkanes) is 1. The second kappa shape index (κ2) is 11.8. The van der Waals surface area contributed by atoms with Gasteiger partial charge in [-0.3, -0.25) is 4.99 Å². The first-order valence-corrected chi connectivity index (χ1v) is 12.6. The van der Waals surface area contributed by atoms with Crippen molar-refractivity contribution in [1.82, 2.24) is 15.5 Å². The lowest BCUT2D eigenvalue weighted by Crippen LogP contribution is -2.48. The third-order valence-electron chi connectivity index (χ3n) is 6.09. The summed E-state index contributed by atoms with van der Waals surface area (Å²) in [6, 6.07) is 4.90. The molecule has 0 saturated carbocycles. The number of piperidine rings is 2. The fourth-order valence-electron chi connectivity index (χ4n) is 4.82. The molecule has 0 aromatic carbocycles. The van der Waals surface area contributed by atoms with Crippen molar-refractivity contribution in [3.63, 3.8) is 0 Å². The van der Waals surface area contributed by atoms with E-state index >= 15 is 0 Å². The zero-order valence-corrected chi connectivity index (χ0v) is 19.5. The van der Waals surface area contributed by atoms with Crippen LogP contribution in [0.15, 0.2) is 22.5 Å².